The van der Waals surface area contributed by atoms with Crippen molar-refractivity contribution in [2.24, 2.45) is 4.99 Å². The number of methoxy groups -OCH3 is 1. The van der Waals surface area contributed by atoms with E-state index in [4.69, 9.17) is 14.5 Å². The van der Waals surface area contributed by atoms with Crippen LogP contribution in [0.1, 0.15) is 23.6 Å². The van der Waals surface area contributed by atoms with Crippen molar-refractivity contribution in [1.82, 2.24) is 15.5 Å². The van der Waals surface area contributed by atoms with Gasteiger partial charge in [-0.3, -0.25) is 4.90 Å². The van der Waals surface area contributed by atoms with Crippen LogP contribution < -0.4 is 15.4 Å². The van der Waals surface area contributed by atoms with Crippen LogP contribution >= 0.6 is 24.0 Å². The lowest BCUT2D eigenvalue weighted by Gasteiger charge is -2.26. The number of rotatable bonds is 9. The lowest BCUT2D eigenvalue weighted by atomic mass is 10.1. The summed E-state index contributed by atoms with van der Waals surface area (Å²) in [5.41, 5.74) is 3.74. The lowest BCUT2D eigenvalue weighted by Crippen LogP contribution is -2.38. The number of benzene rings is 2. The van der Waals surface area contributed by atoms with Gasteiger partial charge in [-0.2, -0.15) is 0 Å². The summed E-state index contributed by atoms with van der Waals surface area (Å²) in [5, 5.41) is 6.74. The number of halogens is 1. The Bertz CT molecular complexity index is 792. The molecule has 1 aliphatic heterocycles. The van der Waals surface area contributed by atoms with E-state index < -0.39 is 0 Å². The normalized spacial score (nSPS) is 14.6. The SMILES string of the molecule is CCNC(=NCc1ccc(CN2CCOCC2)cc1)NCCc1ccccc1OC.I. The number of nitrogens with zero attached hydrogens (tertiary/aromatic N) is 2. The first kappa shape index (κ1) is 25.4. The van der Waals surface area contributed by atoms with Crippen molar-refractivity contribution in [2.75, 3.05) is 46.5 Å². The Kier molecular flexibility index (Phi) is 11.7. The highest BCUT2D eigenvalue weighted by atomic mass is 127. The zero-order chi connectivity index (χ0) is 21.0. The molecule has 0 radical (unpaired) electrons. The maximum atomic E-state index is 5.43. The fraction of sp³-hybridized carbons (Fsp3) is 0.458. The molecule has 7 heteroatoms. The second kappa shape index (κ2) is 14.3. The Balaban J connectivity index is 0.00000341. The van der Waals surface area contributed by atoms with Gasteiger partial charge in [0, 0.05) is 32.7 Å². The smallest absolute Gasteiger partial charge is 0.191 e. The van der Waals surface area contributed by atoms with E-state index in [9.17, 15) is 0 Å². The van der Waals surface area contributed by atoms with E-state index in [-0.39, 0.29) is 24.0 Å². The van der Waals surface area contributed by atoms with Gasteiger partial charge in [-0.05, 0) is 36.1 Å². The minimum absolute atomic E-state index is 0. The van der Waals surface area contributed by atoms with E-state index in [0.29, 0.717) is 6.54 Å². The summed E-state index contributed by atoms with van der Waals surface area (Å²) in [7, 11) is 1.71. The third-order valence-electron chi connectivity index (χ3n) is 5.18. The molecule has 1 saturated heterocycles. The number of hydrogen-bond acceptors (Lipinski definition) is 4. The summed E-state index contributed by atoms with van der Waals surface area (Å²) in [6.07, 6.45) is 0.880. The molecule has 0 aromatic heterocycles. The monoisotopic (exact) mass is 538 g/mol. The summed E-state index contributed by atoms with van der Waals surface area (Å²) < 4.78 is 10.9. The van der Waals surface area contributed by atoms with E-state index in [1.165, 1.54) is 16.7 Å². The second-order valence-electron chi connectivity index (χ2n) is 7.39. The average molecular weight is 538 g/mol. The van der Waals surface area contributed by atoms with Crippen molar-refractivity contribution in [2.45, 2.75) is 26.4 Å². The Hall–Kier alpha value is -1.84. The van der Waals surface area contributed by atoms with Crippen molar-refractivity contribution in [1.29, 1.82) is 0 Å². The molecule has 0 aliphatic carbocycles. The number of aliphatic imine (C=N–C) groups is 1. The second-order valence-corrected chi connectivity index (χ2v) is 7.39. The molecule has 2 N–H and O–H groups in total. The first-order valence-corrected chi connectivity index (χ1v) is 10.8. The largest absolute Gasteiger partial charge is 0.496 e. The van der Waals surface area contributed by atoms with Gasteiger partial charge >= 0.3 is 0 Å². The predicted octanol–water partition coefficient (Wildman–Crippen LogP) is 3.44. The minimum Gasteiger partial charge on any atom is -0.496 e. The fourth-order valence-corrected chi connectivity index (χ4v) is 3.50. The first-order valence-electron chi connectivity index (χ1n) is 10.8. The zero-order valence-corrected chi connectivity index (χ0v) is 20.9. The third-order valence-corrected chi connectivity index (χ3v) is 5.18. The third kappa shape index (κ3) is 8.66. The number of ether oxygens (including phenoxy) is 2. The van der Waals surface area contributed by atoms with Gasteiger partial charge < -0.3 is 20.1 Å². The lowest BCUT2D eigenvalue weighted by molar-refractivity contribution is 0.0342. The highest BCUT2D eigenvalue weighted by Crippen LogP contribution is 2.17. The highest BCUT2D eigenvalue weighted by Gasteiger charge is 2.10. The molecule has 2 aromatic carbocycles. The summed E-state index contributed by atoms with van der Waals surface area (Å²) in [5.74, 6) is 1.77. The first-order chi connectivity index (χ1) is 14.8. The van der Waals surface area contributed by atoms with Crippen LogP contribution in [0.25, 0.3) is 0 Å². The molecule has 31 heavy (non-hydrogen) atoms. The molecule has 0 amide bonds. The van der Waals surface area contributed by atoms with Crippen molar-refractivity contribution < 1.29 is 9.47 Å². The maximum Gasteiger partial charge on any atom is 0.191 e. The Morgan fingerprint density at radius 3 is 2.45 bits per heavy atom. The molecule has 1 aliphatic rings. The molecule has 0 unspecified atom stereocenters. The van der Waals surface area contributed by atoms with Crippen LogP contribution in [-0.2, 0) is 24.2 Å². The molecule has 2 aromatic rings. The van der Waals surface area contributed by atoms with Crippen LogP contribution in [0.2, 0.25) is 0 Å². The maximum absolute atomic E-state index is 5.43. The highest BCUT2D eigenvalue weighted by molar-refractivity contribution is 14.0. The van der Waals surface area contributed by atoms with E-state index in [1.54, 1.807) is 7.11 Å². The molecule has 170 valence electrons. The van der Waals surface area contributed by atoms with Crippen LogP contribution in [0, 0.1) is 0 Å². The van der Waals surface area contributed by atoms with E-state index in [0.717, 1.165) is 64.1 Å². The van der Waals surface area contributed by atoms with Crippen LogP contribution in [0.15, 0.2) is 53.5 Å². The molecule has 0 atom stereocenters. The van der Waals surface area contributed by atoms with Gasteiger partial charge in [0.1, 0.15) is 5.75 Å². The quantitative estimate of drug-likeness (QED) is 0.291. The van der Waals surface area contributed by atoms with Gasteiger partial charge in [-0.1, -0.05) is 42.5 Å². The van der Waals surface area contributed by atoms with Gasteiger partial charge in [-0.15, -0.1) is 24.0 Å². The molecule has 0 saturated carbocycles. The predicted molar refractivity (Wildman–Crippen MR) is 137 cm³/mol. The Morgan fingerprint density at radius 1 is 1.03 bits per heavy atom. The fourth-order valence-electron chi connectivity index (χ4n) is 3.50. The number of guanidine groups is 1. The molecule has 6 nitrogen and oxygen atoms in total. The molecule has 0 spiro atoms. The molecule has 1 fully saturated rings. The van der Waals surface area contributed by atoms with Gasteiger partial charge in [0.2, 0.25) is 0 Å². The van der Waals surface area contributed by atoms with Gasteiger partial charge in [0.05, 0.1) is 26.9 Å². The number of hydrogen-bond donors (Lipinski definition) is 2. The molecular weight excluding hydrogens is 503 g/mol. The van der Waals surface area contributed by atoms with Gasteiger partial charge in [-0.25, -0.2) is 4.99 Å². The van der Waals surface area contributed by atoms with Crippen LogP contribution in [-0.4, -0.2) is 57.4 Å². The minimum atomic E-state index is 0. The van der Waals surface area contributed by atoms with E-state index >= 15 is 0 Å². The standard InChI is InChI=1S/C24H34N4O2.HI/c1-3-25-24(26-13-12-22-6-4-5-7-23(22)29-2)27-18-20-8-10-21(11-9-20)19-28-14-16-30-17-15-28;/h4-11H,3,12-19H2,1-2H3,(H2,25,26,27);1H. The number of nitrogens with one attached hydrogen (secondary N) is 2. The van der Waals surface area contributed by atoms with Gasteiger partial charge in [0.15, 0.2) is 5.96 Å². The van der Waals surface area contributed by atoms with Crippen molar-refractivity contribution in [3.05, 3.63) is 65.2 Å². The van der Waals surface area contributed by atoms with Crippen molar-refractivity contribution >= 4 is 29.9 Å². The van der Waals surface area contributed by atoms with Crippen LogP contribution in [0.3, 0.4) is 0 Å². The summed E-state index contributed by atoms with van der Waals surface area (Å²) in [6.45, 7) is 9.05. The molecule has 1 heterocycles. The summed E-state index contributed by atoms with van der Waals surface area (Å²) >= 11 is 0. The Labute approximate surface area is 203 Å². The van der Waals surface area contributed by atoms with Crippen LogP contribution in [0.5, 0.6) is 5.75 Å². The molecule has 0 bridgehead atoms. The molecule has 3 rings (SSSR count). The Morgan fingerprint density at radius 2 is 1.74 bits per heavy atom. The van der Waals surface area contributed by atoms with E-state index in [1.807, 2.05) is 18.2 Å². The van der Waals surface area contributed by atoms with Gasteiger partial charge in [0.25, 0.3) is 0 Å². The average Bonchev–Trinajstić information content (AvgIpc) is 2.79. The van der Waals surface area contributed by atoms with Crippen molar-refractivity contribution in [3.63, 3.8) is 0 Å². The number of morpholine rings is 1. The number of para-hydroxylation sites is 1. The summed E-state index contributed by atoms with van der Waals surface area (Å²) in [4.78, 5) is 7.18. The topological polar surface area (TPSA) is 58.1 Å². The molecular formula is C24H35IN4O2. The van der Waals surface area contributed by atoms with Crippen LogP contribution in [0.4, 0.5) is 0 Å². The zero-order valence-electron chi connectivity index (χ0n) is 18.6. The van der Waals surface area contributed by atoms with Crippen molar-refractivity contribution in [3.8, 4) is 5.75 Å². The summed E-state index contributed by atoms with van der Waals surface area (Å²) in [6, 6.07) is 16.9. The van der Waals surface area contributed by atoms with E-state index in [2.05, 4.69) is 52.8 Å².